The van der Waals surface area contributed by atoms with Crippen LogP contribution < -0.4 is 10.6 Å². The van der Waals surface area contributed by atoms with E-state index < -0.39 is 0 Å². The molecule has 0 aromatic carbocycles. The first-order valence-corrected chi connectivity index (χ1v) is 7.01. The maximum absolute atomic E-state index is 5.67. The Balaban J connectivity index is 1.95. The van der Waals surface area contributed by atoms with Gasteiger partial charge in [-0.3, -0.25) is 4.40 Å². The van der Waals surface area contributed by atoms with Gasteiger partial charge in [-0.15, -0.1) is 10.2 Å². The number of nitrogens with two attached hydrogens (primary N) is 1. The quantitative estimate of drug-likeness (QED) is 0.875. The van der Waals surface area contributed by atoms with Crippen LogP contribution in [-0.4, -0.2) is 38.7 Å². The van der Waals surface area contributed by atoms with Crippen molar-refractivity contribution in [3.8, 4) is 0 Å². The SMILES string of the molecule is NCCCN(c1nccn2cnnc12)C1CCCC1. The van der Waals surface area contributed by atoms with Gasteiger partial charge in [-0.1, -0.05) is 12.8 Å². The normalized spacial score (nSPS) is 16.3. The second-order valence-electron chi connectivity index (χ2n) is 5.09. The Kier molecular flexibility index (Phi) is 3.59. The van der Waals surface area contributed by atoms with E-state index in [1.165, 1.54) is 25.7 Å². The lowest BCUT2D eigenvalue weighted by atomic mass is 10.2. The molecule has 2 aromatic heterocycles. The van der Waals surface area contributed by atoms with Gasteiger partial charge >= 0.3 is 0 Å². The van der Waals surface area contributed by atoms with E-state index in [9.17, 15) is 0 Å². The minimum Gasteiger partial charge on any atom is -0.350 e. The van der Waals surface area contributed by atoms with Crippen molar-refractivity contribution in [2.24, 2.45) is 5.73 Å². The maximum Gasteiger partial charge on any atom is 0.203 e. The van der Waals surface area contributed by atoms with Crippen LogP contribution in [0.1, 0.15) is 32.1 Å². The molecule has 1 fully saturated rings. The molecule has 0 aliphatic heterocycles. The van der Waals surface area contributed by atoms with Gasteiger partial charge in [0.25, 0.3) is 0 Å². The Bertz CT molecular complexity index is 531. The van der Waals surface area contributed by atoms with Crippen LogP contribution in [0.5, 0.6) is 0 Å². The molecule has 3 rings (SSSR count). The zero-order valence-electron chi connectivity index (χ0n) is 11.1. The van der Waals surface area contributed by atoms with Crippen molar-refractivity contribution in [2.75, 3.05) is 18.0 Å². The monoisotopic (exact) mass is 260 g/mol. The van der Waals surface area contributed by atoms with E-state index in [4.69, 9.17) is 5.73 Å². The standard InChI is InChI=1S/C13H20N6/c14-6-3-8-19(11-4-1-2-5-11)12-13-17-16-10-18(13)9-7-15-12/h7,9-11H,1-6,8,14H2. The molecule has 0 bridgehead atoms. The van der Waals surface area contributed by atoms with Crippen LogP contribution in [0, 0.1) is 0 Å². The Morgan fingerprint density at radius 2 is 2.21 bits per heavy atom. The number of anilines is 1. The van der Waals surface area contributed by atoms with Crippen molar-refractivity contribution in [1.29, 1.82) is 0 Å². The van der Waals surface area contributed by atoms with E-state index in [2.05, 4.69) is 20.1 Å². The number of fused-ring (bicyclic) bond motifs is 1. The fraction of sp³-hybridized carbons (Fsp3) is 0.615. The predicted octanol–water partition coefficient (Wildman–Crippen LogP) is 1.22. The summed E-state index contributed by atoms with van der Waals surface area (Å²) in [6, 6.07) is 0.571. The van der Waals surface area contributed by atoms with Crippen molar-refractivity contribution in [2.45, 2.75) is 38.1 Å². The van der Waals surface area contributed by atoms with E-state index in [0.29, 0.717) is 12.6 Å². The highest BCUT2D eigenvalue weighted by atomic mass is 15.3. The van der Waals surface area contributed by atoms with Gasteiger partial charge in [0.1, 0.15) is 6.33 Å². The Morgan fingerprint density at radius 1 is 1.37 bits per heavy atom. The summed E-state index contributed by atoms with van der Waals surface area (Å²) in [5, 5.41) is 8.17. The molecule has 6 heteroatoms. The number of rotatable bonds is 5. The maximum atomic E-state index is 5.67. The highest BCUT2D eigenvalue weighted by Crippen LogP contribution is 2.28. The first-order valence-electron chi connectivity index (χ1n) is 7.01. The van der Waals surface area contributed by atoms with Gasteiger partial charge in [0, 0.05) is 25.0 Å². The van der Waals surface area contributed by atoms with Gasteiger partial charge in [-0.2, -0.15) is 0 Å². The third-order valence-electron chi connectivity index (χ3n) is 3.84. The van der Waals surface area contributed by atoms with Gasteiger partial charge in [-0.25, -0.2) is 4.98 Å². The zero-order valence-corrected chi connectivity index (χ0v) is 11.1. The highest BCUT2D eigenvalue weighted by molar-refractivity contribution is 5.63. The van der Waals surface area contributed by atoms with Crippen molar-refractivity contribution in [3.05, 3.63) is 18.7 Å². The molecule has 0 radical (unpaired) electrons. The molecule has 2 N–H and O–H groups in total. The van der Waals surface area contributed by atoms with E-state index in [0.717, 1.165) is 24.4 Å². The van der Waals surface area contributed by atoms with Crippen LogP contribution in [0.25, 0.3) is 5.65 Å². The Morgan fingerprint density at radius 3 is 3.00 bits per heavy atom. The largest absolute Gasteiger partial charge is 0.350 e. The summed E-state index contributed by atoms with van der Waals surface area (Å²) >= 11 is 0. The van der Waals surface area contributed by atoms with Crippen LogP contribution in [0.2, 0.25) is 0 Å². The number of nitrogens with zero attached hydrogens (tertiary/aromatic N) is 5. The van der Waals surface area contributed by atoms with E-state index in [1.54, 1.807) is 6.33 Å². The molecule has 1 aliphatic carbocycles. The summed E-state index contributed by atoms with van der Waals surface area (Å²) < 4.78 is 1.92. The third-order valence-corrected chi connectivity index (χ3v) is 3.84. The molecule has 6 nitrogen and oxygen atoms in total. The molecular weight excluding hydrogens is 240 g/mol. The smallest absolute Gasteiger partial charge is 0.203 e. The lowest BCUT2D eigenvalue weighted by Gasteiger charge is -2.29. The van der Waals surface area contributed by atoms with Crippen LogP contribution in [0.3, 0.4) is 0 Å². The molecule has 0 amide bonds. The average Bonchev–Trinajstić information content (AvgIpc) is 3.10. The Labute approximate surface area is 112 Å². The molecule has 1 saturated carbocycles. The van der Waals surface area contributed by atoms with Crippen LogP contribution >= 0.6 is 0 Å². The lowest BCUT2D eigenvalue weighted by Crippen LogP contribution is -2.36. The number of hydrogen-bond acceptors (Lipinski definition) is 5. The van der Waals surface area contributed by atoms with Crippen molar-refractivity contribution >= 4 is 11.5 Å². The van der Waals surface area contributed by atoms with Crippen molar-refractivity contribution in [1.82, 2.24) is 19.6 Å². The topological polar surface area (TPSA) is 72.3 Å². The zero-order chi connectivity index (χ0) is 13.1. The second kappa shape index (κ2) is 5.52. The van der Waals surface area contributed by atoms with E-state index in [-0.39, 0.29) is 0 Å². The van der Waals surface area contributed by atoms with Gasteiger partial charge in [-0.05, 0) is 25.8 Å². The first kappa shape index (κ1) is 12.3. The second-order valence-corrected chi connectivity index (χ2v) is 5.09. The molecule has 102 valence electrons. The summed E-state index contributed by atoms with van der Waals surface area (Å²) in [4.78, 5) is 6.92. The molecule has 19 heavy (non-hydrogen) atoms. The van der Waals surface area contributed by atoms with Crippen molar-refractivity contribution < 1.29 is 0 Å². The molecule has 2 aromatic rings. The van der Waals surface area contributed by atoms with Crippen LogP contribution in [-0.2, 0) is 0 Å². The third kappa shape index (κ3) is 2.40. The first-order chi connectivity index (χ1) is 9.40. The molecule has 0 unspecified atom stereocenters. The van der Waals surface area contributed by atoms with E-state index in [1.807, 2.05) is 16.8 Å². The minimum atomic E-state index is 0.571. The molecule has 1 aliphatic rings. The molecule has 0 saturated heterocycles. The molecular formula is C13H20N6. The lowest BCUT2D eigenvalue weighted by molar-refractivity contribution is 0.587. The number of hydrogen-bond donors (Lipinski definition) is 1. The predicted molar refractivity (Wildman–Crippen MR) is 74.1 cm³/mol. The van der Waals surface area contributed by atoms with Gasteiger partial charge in [0.15, 0.2) is 5.82 Å². The fourth-order valence-corrected chi connectivity index (χ4v) is 2.89. The summed E-state index contributed by atoms with van der Waals surface area (Å²) in [5.41, 5.74) is 6.51. The average molecular weight is 260 g/mol. The van der Waals surface area contributed by atoms with E-state index >= 15 is 0 Å². The molecule has 0 atom stereocenters. The van der Waals surface area contributed by atoms with Crippen molar-refractivity contribution in [3.63, 3.8) is 0 Å². The van der Waals surface area contributed by atoms with Crippen LogP contribution in [0.4, 0.5) is 5.82 Å². The Hall–Kier alpha value is -1.69. The van der Waals surface area contributed by atoms with Gasteiger partial charge in [0.05, 0.1) is 0 Å². The molecule has 0 spiro atoms. The minimum absolute atomic E-state index is 0.571. The van der Waals surface area contributed by atoms with Gasteiger partial charge < -0.3 is 10.6 Å². The summed E-state index contributed by atoms with van der Waals surface area (Å²) in [6.07, 6.45) is 11.5. The summed E-state index contributed by atoms with van der Waals surface area (Å²) in [7, 11) is 0. The fourth-order valence-electron chi connectivity index (χ4n) is 2.89. The van der Waals surface area contributed by atoms with Crippen LogP contribution in [0.15, 0.2) is 18.7 Å². The highest BCUT2D eigenvalue weighted by Gasteiger charge is 2.25. The van der Waals surface area contributed by atoms with Gasteiger partial charge in [0.2, 0.25) is 5.65 Å². The summed E-state index contributed by atoms with van der Waals surface area (Å²) in [6.45, 7) is 1.65. The summed E-state index contributed by atoms with van der Waals surface area (Å²) in [5.74, 6) is 0.945. The molecule has 2 heterocycles. The number of aromatic nitrogens is 4.